The first kappa shape index (κ1) is 20.2. The van der Waals surface area contributed by atoms with E-state index in [2.05, 4.69) is 23.7 Å². The number of halogens is 1. The number of amides is 1. The van der Waals surface area contributed by atoms with E-state index in [4.69, 9.17) is 4.74 Å². The molecule has 1 aromatic heterocycles. The standard InChI is InChI=1S/C21H24FN3O2S/c1-3-24(4-2)13-14-25(21-23-18-7-5-6-8-19(18)28-21)20(26)15-27-17-11-9-16(22)10-12-17/h5-12H,3-4,13-15H2,1-2H3. The molecule has 0 spiro atoms. The third-order valence-corrected chi connectivity index (χ3v) is 5.58. The minimum atomic E-state index is -0.339. The monoisotopic (exact) mass is 401 g/mol. The second-order valence-electron chi connectivity index (χ2n) is 6.28. The molecule has 0 atom stereocenters. The van der Waals surface area contributed by atoms with Gasteiger partial charge < -0.3 is 9.64 Å². The van der Waals surface area contributed by atoms with Crippen molar-refractivity contribution in [3.63, 3.8) is 0 Å². The van der Waals surface area contributed by atoms with Crippen LogP contribution in [0.3, 0.4) is 0 Å². The van der Waals surface area contributed by atoms with Gasteiger partial charge in [-0.1, -0.05) is 37.3 Å². The molecule has 0 fully saturated rings. The van der Waals surface area contributed by atoms with Crippen molar-refractivity contribution in [3.8, 4) is 5.75 Å². The highest BCUT2D eigenvalue weighted by Gasteiger charge is 2.21. The van der Waals surface area contributed by atoms with Gasteiger partial charge in [0.15, 0.2) is 11.7 Å². The van der Waals surface area contributed by atoms with Crippen LogP contribution in [-0.2, 0) is 4.79 Å². The van der Waals surface area contributed by atoms with Gasteiger partial charge in [0.2, 0.25) is 0 Å². The van der Waals surface area contributed by atoms with Crippen LogP contribution >= 0.6 is 11.3 Å². The number of hydrogen-bond donors (Lipinski definition) is 0. The maximum atomic E-state index is 13.0. The smallest absolute Gasteiger partial charge is 0.266 e. The molecule has 148 valence electrons. The van der Waals surface area contributed by atoms with Crippen LogP contribution in [-0.4, -0.2) is 48.6 Å². The molecule has 0 aliphatic heterocycles. The second-order valence-corrected chi connectivity index (χ2v) is 7.29. The minimum absolute atomic E-state index is 0.125. The number of anilines is 1. The quantitative estimate of drug-likeness (QED) is 0.539. The van der Waals surface area contributed by atoms with Gasteiger partial charge in [-0.25, -0.2) is 9.37 Å². The highest BCUT2D eigenvalue weighted by Crippen LogP contribution is 2.28. The first-order chi connectivity index (χ1) is 13.6. The number of benzene rings is 2. The Labute approximate surface area is 168 Å². The predicted octanol–water partition coefficient (Wildman–Crippen LogP) is 4.19. The van der Waals surface area contributed by atoms with E-state index in [9.17, 15) is 9.18 Å². The first-order valence-electron chi connectivity index (χ1n) is 9.37. The lowest BCUT2D eigenvalue weighted by Gasteiger charge is -2.24. The highest BCUT2D eigenvalue weighted by molar-refractivity contribution is 7.22. The van der Waals surface area contributed by atoms with Crippen LogP contribution in [0.1, 0.15) is 13.8 Å². The summed E-state index contributed by atoms with van der Waals surface area (Å²) in [5, 5.41) is 0.668. The Hall–Kier alpha value is -2.51. The summed E-state index contributed by atoms with van der Waals surface area (Å²) in [6, 6.07) is 13.5. The van der Waals surface area contributed by atoms with Gasteiger partial charge >= 0.3 is 0 Å². The molecule has 0 N–H and O–H groups in total. The number of carbonyl (C=O) groups is 1. The van der Waals surface area contributed by atoms with Crippen molar-refractivity contribution in [3.05, 3.63) is 54.3 Å². The summed E-state index contributed by atoms with van der Waals surface area (Å²) < 4.78 is 19.6. The molecular formula is C21H24FN3O2S. The van der Waals surface area contributed by atoms with Crippen LogP contribution < -0.4 is 9.64 Å². The zero-order valence-electron chi connectivity index (χ0n) is 16.1. The summed E-state index contributed by atoms with van der Waals surface area (Å²) in [5.74, 6) is -0.0488. The van der Waals surface area contributed by atoms with Crippen molar-refractivity contribution < 1.29 is 13.9 Å². The van der Waals surface area contributed by atoms with Crippen LogP contribution in [0.5, 0.6) is 5.75 Å². The largest absolute Gasteiger partial charge is 0.484 e. The van der Waals surface area contributed by atoms with E-state index in [0.717, 1.165) is 29.9 Å². The third kappa shape index (κ3) is 5.05. The summed E-state index contributed by atoms with van der Waals surface area (Å²) in [6.07, 6.45) is 0. The molecule has 7 heteroatoms. The normalized spacial score (nSPS) is 11.1. The van der Waals surface area contributed by atoms with E-state index >= 15 is 0 Å². The summed E-state index contributed by atoms with van der Waals surface area (Å²) >= 11 is 1.49. The number of aromatic nitrogens is 1. The van der Waals surface area contributed by atoms with E-state index in [-0.39, 0.29) is 18.3 Å². The van der Waals surface area contributed by atoms with Crippen molar-refractivity contribution in [1.29, 1.82) is 0 Å². The molecule has 3 rings (SSSR count). The molecule has 0 unspecified atom stereocenters. The van der Waals surface area contributed by atoms with Crippen molar-refractivity contribution >= 4 is 32.6 Å². The van der Waals surface area contributed by atoms with Crippen LogP contribution in [0, 0.1) is 5.82 Å². The summed E-state index contributed by atoms with van der Waals surface area (Å²) in [4.78, 5) is 21.5. The summed E-state index contributed by atoms with van der Waals surface area (Å²) in [5.41, 5.74) is 0.877. The fourth-order valence-electron chi connectivity index (χ4n) is 2.84. The Balaban J connectivity index is 1.75. The Morgan fingerprint density at radius 3 is 2.46 bits per heavy atom. The maximum Gasteiger partial charge on any atom is 0.266 e. The Bertz CT molecular complexity index is 876. The molecule has 0 aliphatic carbocycles. The lowest BCUT2D eigenvalue weighted by Crippen LogP contribution is -2.41. The lowest BCUT2D eigenvalue weighted by atomic mass is 10.3. The van der Waals surface area contributed by atoms with Gasteiger partial charge in [0.1, 0.15) is 11.6 Å². The Morgan fingerprint density at radius 1 is 1.07 bits per heavy atom. The maximum absolute atomic E-state index is 13.0. The number of hydrogen-bond acceptors (Lipinski definition) is 5. The molecule has 3 aromatic rings. The molecule has 1 amide bonds. The van der Waals surface area contributed by atoms with Crippen LogP contribution in [0.2, 0.25) is 0 Å². The lowest BCUT2D eigenvalue weighted by molar-refractivity contribution is -0.120. The van der Waals surface area contributed by atoms with E-state index in [1.54, 1.807) is 4.90 Å². The number of fused-ring (bicyclic) bond motifs is 1. The number of rotatable bonds is 9. The average Bonchev–Trinajstić information content (AvgIpc) is 3.14. The predicted molar refractivity (Wildman–Crippen MR) is 112 cm³/mol. The van der Waals surface area contributed by atoms with E-state index in [1.807, 2.05) is 24.3 Å². The van der Waals surface area contributed by atoms with Gasteiger partial charge in [0.25, 0.3) is 5.91 Å². The summed E-state index contributed by atoms with van der Waals surface area (Å²) in [6.45, 7) is 7.21. The Morgan fingerprint density at radius 2 is 1.79 bits per heavy atom. The SMILES string of the molecule is CCN(CC)CCN(C(=O)COc1ccc(F)cc1)c1nc2ccccc2s1. The van der Waals surface area contributed by atoms with E-state index in [0.29, 0.717) is 17.4 Å². The fraction of sp³-hybridized carbons (Fsp3) is 0.333. The second kappa shape index (κ2) is 9.61. The zero-order valence-corrected chi connectivity index (χ0v) is 16.9. The number of para-hydroxylation sites is 1. The fourth-order valence-corrected chi connectivity index (χ4v) is 3.85. The summed E-state index contributed by atoms with van der Waals surface area (Å²) in [7, 11) is 0. The molecule has 28 heavy (non-hydrogen) atoms. The number of thiazole rings is 1. The zero-order chi connectivity index (χ0) is 19.9. The van der Waals surface area contributed by atoms with Crippen molar-refractivity contribution in [2.45, 2.75) is 13.8 Å². The number of nitrogens with zero attached hydrogens (tertiary/aromatic N) is 3. The van der Waals surface area contributed by atoms with Gasteiger partial charge in [0.05, 0.1) is 10.2 Å². The average molecular weight is 402 g/mol. The van der Waals surface area contributed by atoms with Gasteiger partial charge in [-0.2, -0.15) is 0 Å². The molecule has 0 radical (unpaired) electrons. The van der Waals surface area contributed by atoms with Crippen molar-refractivity contribution in [2.24, 2.45) is 0 Å². The first-order valence-corrected chi connectivity index (χ1v) is 10.2. The van der Waals surface area contributed by atoms with Crippen LogP contribution in [0.25, 0.3) is 10.2 Å². The molecule has 5 nitrogen and oxygen atoms in total. The molecule has 0 bridgehead atoms. The van der Waals surface area contributed by atoms with Gasteiger partial charge in [-0.15, -0.1) is 0 Å². The van der Waals surface area contributed by atoms with E-state index in [1.165, 1.54) is 35.6 Å². The third-order valence-electron chi connectivity index (χ3n) is 4.52. The molecule has 0 saturated carbocycles. The molecular weight excluding hydrogens is 377 g/mol. The number of ether oxygens (including phenoxy) is 1. The molecule has 2 aromatic carbocycles. The number of likely N-dealkylation sites (N-methyl/N-ethyl adjacent to an activating group) is 1. The van der Waals surface area contributed by atoms with Crippen LogP contribution in [0.15, 0.2) is 48.5 Å². The topological polar surface area (TPSA) is 45.7 Å². The van der Waals surface area contributed by atoms with Crippen LogP contribution in [0.4, 0.5) is 9.52 Å². The molecule has 1 heterocycles. The van der Waals surface area contributed by atoms with Gasteiger partial charge in [0, 0.05) is 13.1 Å². The van der Waals surface area contributed by atoms with E-state index < -0.39 is 0 Å². The van der Waals surface area contributed by atoms with Gasteiger partial charge in [-0.05, 0) is 49.5 Å². The highest BCUT2D eigenvalue weighted by atomic mass is 32.1. The minimum Gasteiger partial charge on any atom is -0.484 e. The van der Waals surface area contributed by atoms with Gasteiger partial charge in [-0.3, -0.25) is 9.69 Å². The molecule has 0 aliphatic rings. The van der Waals surface area contributed by atoms with Crippen molar-refractivity contribution in [1.82, 2.24) is 9.88 Å². The number of carbonyl (C=O) groups excluding carboxylic acids is 1. The van der Waals surface area contributed by atoms with Crippen molar-refractivity contribution in [2.75, 3.05) is 37.7 Å². The molecule has 0 saturated heterocycles. The Kier molecular flexibility index (Phi) is 6.95.